The van der Waals surface area contributed by atoms with Gasteiger partial charge in [0.25, 0.3) is 10.0 Å². The van der Waals surface area contributed by atoms with E-state index in [1.165, 1.54) is 12.1 Å². The van der Waals surface area contributed by atoms with Gasteiger partial charge in [-0.25, -0.2) is 8.42 Å². The third-order valence-corrected chi connectivity index (χ3v) is 7.36. The molecule has 0 aliphatic rings. The Labute approximate surface area is 200 Å². The van der Waals surface area contributed by atoms with Crippen LogP contribution < -0.4 is 14.4 Å². The van der Waals surface area contributed by atoms with Crippen LogP contribution in [0.25, 0.3) is 0 Å². The fraction of sp³-hybridized carbons (Fsp3) is 0.240. The number of rotatable bonds is 10. The third kappa shape index (κ3) is 6.49. The zero-order valence-corrected chi connectivity index (χ0v) is 20.2. The van der Waals surface area contributed by atoms with Crippen LogP contribution >= 0.6 is 11.6 Å². The van der Waals surface area contributed by atoms with Crippen LogP contribution in [0.5, 0.6) is 5.75 Å². The molecule has 174 valence electrons. The zero-order valence-electron chi connectivity index (χ0n) is 18.6. The number of hydrogen-bond donors (Lipinski definition) is 1. The van der Waals surface area contributed by atoms with Crippen LogP contribution in [-0.4, -0.2) is 34.5 Å². The first-order chi connectivity index (χ1) is 15.8. The molecule has 33 heavy (non-hydrogen) atoms. The number of methoxy groups -OCH3 is 1. The molecule has 0 spiro atoms. The fourth-order valence-corrected chi connectivity index (χ4v) is 4.91. The minimum atomic E-state index is -3.96. The number of amides is 1. The molecule has 0 aliphatic heterocycles. The number of aryl methyl sites for hydroxylation is 2. The molecule has 0 radical (unpaired) electrons. The van der Waals surface area contributed by atoms with E-state index in [-0.39, 0.29) is 11.4 Å². The van der Waals surface area contributed by atoms with Crippen molar-refractivity contribution < 1.29 is 17.9 Å². The van der Waals surface area contributed by atoms with Gasteiger partial charge in [-0.05, 0) is 67.3 Å². The second-order valence-corrected chi connectivity index (χ2v) is 9.83. The first-order valence-corrected chi connectivity index (χ1v) is 12.4. The number of ether oxygens (including phenoxy) is 1. The molecular formula is C25H27ClN2O4S. The molecule has 6 nitrogen and oxygen atoms in total. The third-order valence-electron chi connectivity index (χ3n) is 5.16. The highest BCUT2D eigenvalue weighted by Gasteiger charge is 2.27. The standard InChI is InChI=1S/C25H27ClN2O4S/c1-19-13-14-21(17-24(19)26)28(33(30,31)23-11-4-3-5-12-23)18-25(29)27-15-7-9-20-8-6-10-22(16-20)32-2/h3-6,8,10-14,16-17H,7,9,15,18H2,1-2H3,(H,27,29). The predicted molar refractivity (Wildman–Crippen MR) is 131 cm³/mol. The number of benzene rings is 3. The van der Waals surface area contributed by atoms with E-state index in [1.54, 1.807) is 43.5 Å². The van der Waals surface area contributed by atoms with Crippen LogP contribution in [0.4, 0.5) is 5.69 Å². The number of hydrogen-bond acceptors (Lipinski definition) is 4. The minimum Gasteiger partial charge on any atom is -0.497 e. The lowest BCUT2D eigenvalue weighted by Crippen LogP contribution is -2.41. The van der Waals surface area contributed by atoms with Crippen molar-refractivity contribution in [2.24, 2.45) is 0 Å². The molecule has 0 aliphatic carbocycles. The molecule has 1 N–H and O–H groups in total. The molecule has 3 aromatic carbocycles. The van der Waals surface area contributed by atoms with Gasteiger partial charge in [-0.3, -0.25) is 9.10 Å². The van der Waals surface area contributed by atoms with Crippen LogP contribution in [0.3, 0.4) is 0 Å². The molecule has 0 saturated heterocycles. The summed E-state index contributed by atoms with van der Waals surface area (Å²) in [6.45, 7) is 1.90. The van der Waals surface area contributed by atoms with Gasteiger partial charge in [0.05, 0.1) is 17.7 Å². The van der Waals surface area contributed by atoms with Crippen molar-refractivity contribution in [1.29, 1.82) is 0 Å². The molecule has 0 heterocycles. The average Bonchev–Trinajstić information content (AvgIpc) is 2.83. The number of nitrogens with one attached hydrogen (secondary N) is 1. The second kappa shape index (κ2) is 11.2. The van der Waals surface area contributed by atoms with E-state index in [0.29, 0.717) is 23.7 Å². The van der Waals surface area contributed by atoms with Crippen LogP contribution in [0.1, 0.15) is 17.5 Å². The second-order valence-electron chi connectivity index (χ2n) is 7.56. The highest BCUT2D eigenvalue weighted by Crippen LogP contribution is 2.28. The van der Waals surface area contributed by atoms with Crippen LogP contribution in [-0.2, 0) is 21.2 Å². The number of carbonyl (C=O) groups excluding carboxylic acids is 1. The van der Waals surface area contributed by atoms with Crippen LogP contribution in [0.15, 0.2) is 77.7 Å². The first-order valence-electron chi connectivity index (χ1n) is 10.5. The summed E-state index contributed by atoms with van der Waals surface area (Å²) >= 11 is 6.24. The Morgan fingerprint density at radius 3 is 2.48 bits per heavy atom. The maximum absolute atomic E-state index is 13.3. The van der Waals surface area contributed by atoms with Gasteiger partial charge in [-0.1, -0.05) is 48.0 Å². The summed E-state index contributed by atoms with van der Waals surface area (Å²) in [5.74, 6) is 0.395. The monoisotopic (exact) mass is 486 g/mol. The Kier molecular flexibility index (Phi) is 8.36. The van der Waals surface area contributed by atoms with Crippen molar-refractivity contribution in [3.8, 4) is 5.75 Å². The molecule has 3 rings (SSSR count). The van der Waals surface area contributed by atoms with Crippen molar-refractivity contribution in [2.75, 3.05) is 24.5 Å². The van der Waals surface area contributed by atoms with E-state index in [2.05, 4.69) is 5.32 Å². The summed E-state index contributed by atoms with van der Waals surface area (Å²) < 4.78 is 33.0. The number of halogens is 1. The van der Waals surface area contributed by atoms with E-state index in [0.717, 1.165) is 27.6 Å². The molecule has 0 bridgehead atoms. The maximum atomic E-state index is 13.3. The van der Waals surface area contributed by atoms with Gasteiger partial charge < -0.3 is 10.1 Å². The Morgan fingerprint density at radius 2 is 1.79 bits per heavy atom. The Morgan fingerprint density at radius 1 is 1.03 bits per heavy atom. The smallest absolute Gasteiger partial charge is 0.264 e. The predicted octanol–water partition coefficient (Wildman–Crippen LogP) is 4.60. The Bertz CT molecular complexity index is 1200. The maximum Gasteiger partial charge on any atom is 0.264 e. The normalized spacial score (nSPS) is 11.1. The van der Waals surface area contributed by atoms with Gasteiger partial charge >= 0.3 is 0 Å². The SMILES string of the molecule is COc1cccc(CCCNC(=O)CN(c2ccc(C)c(Cl)c2)S(=O)(=O)c2ccccc2)c1. The molecule has 0 aromatic heterocycles. The summed E-state index contributed by atoms with van der Waals surface area (Å²) in [6.07, 6.45) is 1.47. The van der Waals surface area contributed by atoms with E-state index in [9.17, 15) is 13.2 Å². The van der Waals surface area contributed by atoms with E-state index in [4.69, 9.17) is 16.3 Å². The Balaban J connectivity index is 1.70. The molecule has 0 fully saturated rings. The average molecular weight is 487 g/mol. The molecule has 0 saturated carbocycles. The van der Waals surface area contributed by atoms with Gasteiger partial charge in [0, 0.05) is 11.6 Å². The van der Waals surface area contributed by atoms with Crippen molar-refractivity contribution in [2.45, 2.75) is 24.7 Å². The Hall–Kier alpha value is -3.03. The van der Waals surface area contributed by atoms with Gasteiger partial charge in [0.2, 0.25) is 5.91 Å². The zero-order chi connectivity index (χ0) is 23.8. The molecule has 8 heteroatoms. The summed E-state index contributed by atoms with van der Waals surface area (Å²) in [4.78, 5) is 12.8. The lowest BCUT2D eigenvalue weighted by molar-refractivity contribution is -0.119. The van der Waals surface area contributed by atoms with Crippen molar-refractivity contribution in [1.82, 2.24) is 5.32 Å². The quantitative estimate of drug-likeness (QED) is 0.425. The molecule has 0 unspecified atom stereocenters. The highest BCUT2D eigenvalue weighted by molar-refractivity contribution is 7.92. The lowest BCUT2D eigenvalue weighted by Gasteiger charge is -2.24. The van der Waals surface area contributed by atoms with Gasteiger partial charge in [0.1, 0.15) is 12.3 Å². The topological polar surface area (TPSA) is 75.7 Å². The molecule has 3 aromatic rings. The number of anilines is 1. The lowest BCUT2D eigenvalue weighted by atomic mass is 10.1. The van der Waals surface area contributed by atoms with Crippen molar-refractivity contribution >= 4 is 33.2 Å². The summed E-state index contributed by atoms with van der Waals surface area (Å²) in [5, 5.41) is 3.25. The molecule has 0 atom stereocenters. The first kappa shape index (κ1) is 24.6. The largest absolute Gasteiger partial charge is 0.497 e. The number of sulfonamides is 1. The number of carbonyl (C=O) groups is 1. The fourth-order valence-electron chi connectivity index (χ4n) is 3.31. The van der Waals surface area contributed by atoms with Crippen molar-refractivity contribution in [3.05, 3.63) is 88.9 Å². The summed E-state index contributed by atoms with van der Waals surface area (Å²) in [7, 11) is -2.34. The molecule has 1 amide bonds. The van der Waals surface area contributed by atoms with Crippen molar-refractivity contribution in [3.63, 3.8) is 0 Å². The van der Waals surface area contributed by atoms with Gasteiger partial charge in [0.15, 0.2) is 0 Å². The highest BCUT2D eigenvalue weighted by atomic mass is 35.5. The summed E-state index contributed by atoms with van der Waals surface area (Å²) in [6, 6.07) is 20.7. The number of nitrogens with zero attached hydrogens (tertiary/aromatic N) is 1. The van der Waals surface area contributed by atoms with Crippen LogP contribution in [0, 0.1) is 6.92 Å². The van der Waals surface area contributed by atoms with E-state index < -0.39 is 15.9 Å². The molecular weight excluding hydrogens is 460 g/mol. The van der Waals surface area contributed by atoms with E-state index in [1.807, 2.05) is 31.2 Å². The van der Waals surface area contributed by atoms with E-state index >= 15 is 0 Å². The van der Waals surface area contributed by atoms with Gasteiger partial charge in [-0.2, -0.15) is 0 Å². The van der Waals surface area contributed by atoms with Gasteiger partial charge in [-0.15, -0.1) is 0 Å². The summed E-state index contributed by atoms with van der Waals surface area (Å²) in [5.41, 5.74) is 2.26. The van der Waals surface area contributed by atoms with Crippen LogP contribution in [0.2, 0.25) is 5.02 Å². The minimum absolute atomic E-state index is 0.104.